The molecule has 2 aromatic rings. The average molecular weight is 311 g/mol. The van der Waals surface area contributed by atoms with Crippen LogP contribution in [-0.4, -0.2) is 47.1 Å². The number of hydrogen-bond acceptors (Lipinski definition) is 4. The summed E-state index contributed by atoms with van der Waals surface area (Å²) >= 11 is 0. The van der Waals surface area contributed by atoms with Crippen LogP contribution in [0.1, 0.15) is 12.1 Å². The minimum atomic E-state index is 0.137. The third kappa shape index (κ3) is 4.18. The molecule has 1 N–H and O–H groups in total. The largest absolute Gasteiger partial charge is 0.472 e. The van der Waals surface area contributed by atoms with E-state index in [0.717, 1.165) is 31.2 Å². The predicted molar refractivity (Wildman–Crippen MR) is 89.3 cm³/mol. The van der Waals surface area contributed by atoms with Crippen molar-refractivity contribution in [1.29, 1.82) is 0 Å². The zero-order chi connectivity index (χ0) is 15.9. The lowest BCUT2D eigenvalue weighted by atomic mass is 10.3. The highest BCUT2D eigenvalue weighted by Crippen LogP contribution is 2.16. The average Bonchev–Trinajstić information content (AvgIpc) is 3.06. The lowest BCUT2D eigenvalue weighted by Gasteiger charge is -2.21. The van der Waals surface area contributed by atoms with Crippen LogP contribution in [0.15, 0.2) is 53.8 Å². The number of aliphatic imine (C=N–C) groups is 1. The molecule has 3 heterocycles. The number of nitrogens with one attached hydrogen (secondary N) is 1. The number of pyridine rings is 2. The fourth-order valence-corrected chi connectivity index (χ4v) is 2.61. The Morgan fingerprint density at radius 1 is 1.26 bits per heavy atom. The van der Waals surface area contributed by atoms with E-state index < -0.39 is 0 Å². The third-order valence-electron chi connectivity index (χ3n) is 3.74. The maximum absolute atomic E-state index is 5.92. The normalized spacial score (nSPS) is 18.0. The van der Waals surface area contributed by atoms with E-state index in [1.807, 2.05) is 36.4 Å². The van der Waals surface area contributed by atoms with Gasteiger partial charge in [-0.15, -0.1) is 0 Å². The number of ether oxygens (including phenoxy) is 1. The highest BCUT2D eigenvalue weighted by molar-refractivity contribution is 5.80. The molecule has 23 heavy (non-hydrogen) atoms. The van der Waals surface area contributed by atoms with Crippen molar-refractivity contribution in [3.05, 3.63) is 54.5 Å². The van der Waals surface area contributed by atoms with Gasteiger partial charge in [-0.2, -0.15) is 0 Å². The van der Waals surface area contributed by atoms with Gasteiger partial charge in [0.2, 0.25) is 5.88 Å². The third-order valence-corrected chi connectivity index (χ3v) is 3.74. The summed E-state index contributed by atoms with van der Waals surface area (Å²) in [6.07, 6.45) is 4.64. The summed E-state index contributed by atoms with van der Waals surface area (Å²) in [7, 11) is 1.80. The summed E-state index contributed by atoms with van der Waals surface area (Å²) in [6, 6.07) is 11.6. The monoisotopic (exact) mass is 311 g/mol. The molecule has 1 unspecified atom stereocenters. The Balaban J connectivity index is 1.52. The van der Waals surface area contributed by atoms with Crippen LogP contribution in [0.25, 0.3) is 0 Å². The Bertz CT molecular complexity index is 632. The molecule has 0 spiro atoms. The first kappa shape index (κ1) is 15.3. The molecule has 0 bridgehead atoms. The maximum atomic E-state index is 5.92. The van der Waals surface area contributed by atoms with Gasteiger partial charge in [-0.1, -0.05) is 12.1 Å². The molecule has 0 saturated carbocycles. The Morgan fingerprint density at radius 2 is 2.09 bits per heavy atom. The van der Waals surface area contributed by atoms with Crippen LogP contribution in [0.2, 0.25) is 0 Å². The Labute approximate surface area is 136 Å². The topological polar surface area (TPSA) is 62.6 Å². The van der Waals surface area contributed by atoms with Crippen molar-refractivity contribution in [2.75, 3.05) is 20.1 Å². The Morgan fingerprint density at radius 3 is 2.78 bits per heavy atom. The van der Waals surface area contributed by atoms with Crippen LogP contribution in [0.3, 0.4) is 0 Å². The van der Waals surface area contributed by atoms with Crippen LogP contribution in [0.5, 0.6) is 5.88 Å². The van der Waals surface area contributed by atoms with E-state index in [1.54, 1.807) is 19.4 Å². The second kappa shape index (κ2) is 7.58. The van der Waals surface area contributed by atoms with Gasteiger partial charge in [-0.25, -0.2) is 4.98 Å². The van der Waals surface area contributed by atoms with Crippen LogP contribution in [0, 0.1) is 0 Å². The molecular weight excluding hydrogens is 290 g/mol. The van der Waals surface area contributed by atoms with E-state index in [-0.39, 0.29) is 6.10 Å². The molecule has 6 nitrogen and oxygen atoms in total. The molecule has 0 amide bonds. The SMILES string of the molecule is CN=C(NCc1ccccn1)N1CCC(Oc2ccccn2)C1. The molecule has 120 valence electrons. The van der Waals surface area contributed by atoms with E-state index in [0.29, 0.717) is 12.4 Å². The van der Waals surface area contributed by atoms with Gasteiger partial charge >= 0.3 is 0 Å². The van der Waals surface area contributed by atoms with Gasteiger partial charge in [-0.05, 0) is 18.2 Å². The van der Waals surface area contributed by atoms with Gasteiger partial charge in [0.15, 0.2) is 5.96 Å². The van der Waals surface area contributed by atoms with Crippen molar-refractivity contribution >= 4 is 5.96 Å². The smallest absolute Gasteiger partial charge is 0.213 e. The van der Waals surface area contributed by atoms with Gasteiger partial charge in [0.1, 0.15) is 6.10 Å². The number of aromatic nitrogens is 2. The summed E-state index contributed by atoms with van der Waals surface area (Å²) in [4.78, 5) is 15.1. The zero-order valence-corrected chi connectivity index (χ0v) is 13.2. The highest BCUT2D eigenvalue weighted by atomic mass is 16.5. The summed E-state index contributed by atoms with van der Waals surface area (Å²) in [5.41, 5.74) is 0.995. The van der Waals surface area contributed by atoms with Gasteiger partial charge in [0.05, 0.1) is 18.8 Å². The number of guanidine groups is 1. The lowest BCUT2D eigenvalue weighted by molar-refractivity contribution is 0.205. The predicted octanol–water partition coefficient (Wildman–Crippen LogP) is 1.71. The van der Waals surface area contributed by atoms with Crippen LogP contribution >= 0.6 is 0 Å². The summed E-state index contributed by atoms with van der Waals surface area (Å²) < 4.78 is 5.92. The first-order chi connectivity index (χ1) is 11.3. The van der Waals surface area contributed by atoms with Gasteiger partial charge in [0.25, 0.3) is 0 Å². The van der Waals surface area contributed by atoms with E-state index >= 15 is 0 Å². The van der Waals surface area contributed by atoms with E-state index in [4.69, 9.17) is 4.74 Å². The number of rotatable bonds is 4. The molecule has 0 radical (unpaired) electrons. The molecule has 3 rings (SSSR count). The van der Waals surface area contributed by atoms with Crippen LogP contribution in [-0.2, 0) is 6.54 Å². The van der Waals surface area contributed by atoms with Crippen molar-refractivity contribution < 1.29 is 4.74 Å². The highest BCUT2D eigenvalue weighted by Gasteiger charge is 2.26. The minimum Gasteiger partial charge on any atom is -0.472 e. The summed E-state index contributed by atoms with van der Waals surface area (Å²) in [5, 5.41) is 3.35. The molecule has 1 aliphatic heterocycles. The fraction of sp³-hybridized carbons (Fsp3) is 0.353. The molecule has 2 aromatic heterocycles. The second-order valence-electron chi connectivity index (χ2n) is 5.36. The maximum Gasteiger partial charge on any atom is 0.213 e. The van der Waals surface area contributed by atoms with Crippen molar-refractivity contribution in [3.63, 3.8) is 0 Å². The molecule has 1 saturated heterocycles. The fourth-order valence-electron chi connectivity index (χ4n) is 2.61. The molecule has 0 aliphatic carbocycles. The number of nitrogens with zero attached hydrogens (tertiary/aromatic N) is 4. The van der Waals surface area contributed by atoms with Gasteiger partial charge < -0.3 is 15.0 Å². The minimum absolute atomic E-state index is 0.137. The molecule has 1 atom stereocenters. The first-order valence-corrected chi connectivity index (χ1v) is 7.78. The zero-order valence-electron chi connectivity index (χ0n) is 13.2. The number of hydrogen-bond donors (Lipinski definition) is 1. The quantitative estimate of drug-likeness (QED) is 0.688. The number of likely N-dealkylation sites (tertiary alicyclic amines) is 1. The second-order valence-corrected chi connectivity index (χ2v) is 5.36. The van der Waals surface area contributed by atoms with Crippen molar-refractivity contribution in [3.8, 4) is 5.88 Å². The van der Waals surface area contributed by atoms with Crippen LogP contribution < -0.4 is 10.1 Å². The molecular formula is C17H21N5O. The summed E-state index contributed by atoms with van der Waals surface area (Å²) in [5.74, 6) is 1.55. The van der Waals surface area contributed by atoms with Gasteiger partial charge in [-0.3, -0.25) is 9.98 Å². The Hall–Kier alpha value is -2.63. The van der Waals surface area contributed by atoms with E-state index in [1.165, 1.54) is 0 Å². The van der Waals surface area contributed by atoms with Gasteiger partial charge in [0, 0.05) is 38.5 Å². The van der Waals surface area contributed by atoms with Crippen LogP contribution in [0.4, 0.5) is 0 Å². The van der Waals surface area contributed by atoms with E-state index in [2.05, 4.69) is 25.2 Å². The van der Waals surface area contributed by atoms with Crippen molar-refractivity contribution in [2.45, 2.75) is 19.1 Å². The molecule has 1 aliphatic rings. The van der Waals surface area contributed by atoms with E-state index in [9.17, 15) is 0 Å². The molecule has 1 fully saturated rings. The molecule has 6 heteroatoms. The molecule has 0 aromatic carbocycles. The lowest BCUT2D eigenvalue weighted by Crippen LogP contribution is -2.40. The standard InChI is InChI=1S/C17H21N5O/c1-18-17(21-12-14-6-2-4-9-19-14)22-11-8-15(13-22)23-16-7-3-5-10-20-16/h2-7,9-10,15H,8,11-13H2,1H3,(H,18,21). The Kier molecular flexibility index (Phi) is 5.03. The summed E-state index contributed by atoms with van der Waals surface area (Å²) in [6.45, 7) is 2.38. The van der Waals surface area contributed by atoms with Crippen molar-refractivity contribution in [1.82, 2.24) is 20.2 Å². The van der Waals surface area contributed by atoms with Crippen molar-refractivity contribution in [2.24, 2.45) is 4.99 Å². The first-order valence-electron chi connectivity index (χ1n) is 7.78.